The number of rotatable bonds is 5. The summed E-state index contributed by atoms with van der Waals surface area (Å²) in [5.41, 5.74) is 1.69. The minimum Gasteiger partial charge on any atom is -0.462 e. The van der Waals surface area contributed by atoms with Gasteiger partial charge in [-0.3, -0.25) is 4.72 Å². The molecule has 0 unspecified atom stereocenters. The van der Waals surface area contributed by atoms with Crippen LogP contribution in [0.4, 0.5) is 5.00 Å². The lowest BCUT2D eigenvalue weighted by Crippen LogP contribution is -2.16. The van der Waals surface area contributed by atoms with Crippen LogP contribution in [-0.4, -0.2) is 29.7 Å². The van der Waals surface area contributed by atoms with Gasteiger partial charge >= 0.3 is 5.97 Å². The first kappa shape index (κ1) is 19.2. The van der Waals surface area contributed by atoms with Gasteiger partial charge in [0.2, 0.25) is 0 Å². The number of hydrogen-bond donors (Lipinski definition) is 1. The smallest absolute Gasteiger partial charge is 0.341 e. The van der Waals surface area contributed by atoms with Crippen LogP contribution in [0.1, 0.15) is 27.7 Å². The molecule has 0 aliphatic rings. The van der Waals surface area contributed by atoms with Crippen molar-refractivity contribution in [3.63, 3.8) is 0 Å². The van der Waals surface area contributed by atoms with Crippen molar-refractivity contribution in [2.24, 2.45) is 0 Å². The number of thiophene rings is 1. The number of anilines is 1. The molecule has 0 aliphatic carbocycles. The Morgan fingerprint density at radius 2 is 1.96 bits per heavy atom. The molecule has 7 nitrogen and oxygen atoms in total. The van der Waals surface area contributed by atoms with Crippen LogP contribution in [0, 0.1) is 13.8 Å². The normalized spacial score (nSPS) is 11.7. The molecule has 0 aliphatic heterocycles. The van der Waals surface area contributed by atoms with E-state index in [9.17, 15) is 13.2 Å². The van der Waals surface area contributed by atoms with Gasteiger partial charge in [0.15, 0.2) is 0 Å². The van der Waals surface area contributed by atoms with Gasteiger partial charge in [0, 0.05) is 9.35 Å². The van der Waals surface area contributed by atoms with E-state index in [1.807, 2.05) is 6.92 Å². The Morgan fingerprint density at radius 3 is 2.65 bits per heavy atom. The second kappa shape index (κ2) is 7.22. The van der Waals surface area contributed by atoms with Gasteiger partial charge in [-0.25, -0.2) is 13.2 Å². The number of fused-ring (bicyclic) bond motifs is 1. The summed E-state index contributed by atoms with van der Waals surface area (Å²) < 4.78 is 42.3. The van der Waals surface area contributed by atoms with E-state index in [1.165, 1.54) is 17.4 Å². The van der Waals surface area contributed by atoms with E-state index in [4.69, 9.17) is 4.74 Å². The Morgan fingerprint density at radius 1 is 1.27 bits per heavy atom. The van der Waals surface area contributed by atoms with Crippen LogP contribution in [0.2, 0.25) is 0 Å². The third-order valence-electron chi connectivity index (χ3n) is 3.71. The number of esters is 1. The summed E-state index contributed by atoms with van der Waals surface area (Å²) >= 11 is 5.46. The zero-order valence-corrected chi connectivity index (χ0v) is 18.0. The first-order chi connectivity index (χ1) is 12.3. The third kappa shape index (κ3) is 3.36. The lowest BCUT2D eigenvalue weighted by molar-refractivity contribution is 0.0527. The van der Waals surface area contributed by atoms with E-state index < -0.39 is 16.0 Å². The zero-order chi connectivity index (χ0) is 19.1. The van der Waals surface area contributed by atoms with Gasteiger partial charge in [0.25, 0.3) is 10.0 Å². The van der Waals surface area contributed by atoms with Crippen LogP contribution in [0.25, 0.3) is 11.0 Å². The van der Waals surface area contributed by atoms with Crippen molar-refractivity contribution < 1.29 is 17.9 Å². The molecule has 0 fully saturated rings. The number of benzene rings is 1. The van der Waals surface area contributed by atoms with E-state index in [0.717, 1.165) is 16.6 Å². The molecule has 11 heteroatoms. The molecule has 2 heterocycles. The summed E-state index contributed by atoms with van der Waals surface area (Å²) in [6.45, 7) is 5.49. The monoisotopic (exact) mass is 475 g/mol. The molecule has 0 amide bonds. The van der Waals surface area contributed by atoms with Gasteiger partial charge in [-0.1, -0.05) is 0 Å². The quantitative estimate of drug-likeness (QED) is 0.557. The topological polar surface area (TPSA) is 98.2 Å². The second-order valence-corrected chi connectivity index (χ2v) is 9.58. The number of nitrogens with one attached hydrogen (secondary N) is 1. The standard InChI is InChI=1S/C15H14BrN3O4S3/c1-4-23-15(20)11-7(2)8(3)24-14(11)19-26(21,22)10-6-5-9(16)12-13(10)18-25-17-12/h5-6,19H,4H2,1-3H3. The van der Waals surface area contributed by atoms with Crippen LogP contribution in [0.3, 0.4) is 0 Å². The summed E-state index contributed by atoms with van der Waals surface area (Å²) in [7, 11) is -3.97. The predicted molar refractivity (Wildman–Crippen MR) is 106 cm³/mol. The molecule has 3 rings (SSSR count). The average Bonchev–Trinajstić information content (AvgIpc) is 3.14. The number of ether oxygens (including phenoxy) is 1. The van der Waals surface area contributed by atoms with Crippen LogP contribution in [0.5, 0.6) is 0 Å². The van der Waals surface area contributed by atoms with Crippen molar-refractivity contribution in [3.05, 3.63) is 32.6 Å². The van der Waals surface area contributed by atoms with E-state index in [-0.39, 0.29) is 27.6 Å². The number of carbonyl (C=O) groups is 1. The molecule has 0 radical (unpaired) electrons. The van der Waals surface area contributed by atoms with Crippen molar-refractivity contribution >= 4 is 71.0 Å². The summed E-state index contributed by atoms with van der Waals surface area (Å²) in [4.78, 5) is 13.1. The van der Waals surface area contributed by atoms with E-state index in [0.29, 0.717) is 15.6 Å². The van der Waals surface area contributed by atoms with Crippen molar-refractivity contribution in [1.29, 1.82) is 0 Å². The molecular weight excluding hydrogens is 462 g/mol. The Labute approximate surface area is 166 Å². The Kier molecular flexibility index (Phi) is 5.33. The van der Waals surface area contributed by atoms with Gasteiger partial charge in [-0.2, -0.15) is 8.75 Å². The van der Waals surface area contributed by atoms with Crippen LogP contribution >= 0.6 is 39.0 Å². The molecule has 1 N–H and O–H groups in total. The highest BCUT2D eigenvalue weighted by Gasteiger charge is 2.27. The van der Waals surface area contributed by atoms with Gasteiger partial charge < -0.3 is 4.74 Å². The molecule has 3 aromatic rings. The van der Waals surface area contributed by atoms with Crippen molar-refractivity contribution in [2.75, 3.05) is 11.3 Å². The predicted octanol–water partition coefficient (Wildman–Crippen LogP) is 4.11. The van der Waals surface area contributed by atoms with Crippen molar-refractivity contribution in [2.45, 2.75) is 25.7 Å². The highest BCUT2D eigenvalue weighted by atomic mass is 79.9. The number of aryl methyl sites for hydroxylation is 1. The molecule has 0 bridgehead atoms. The fourth-order valence-electron chi connectivity index (χ4n) is 2.36. The summed E-state index contributed by atoms with van der Waals surface area (Å²) in [6, 6.07) is 3.06. The van der Waals surface area contributed by atoms with Crippen LogP contribution in [-0.2, 0) is 14.8 Å². The molecule has 0 atom stereocenters. The summed E-state index contributed by atoms with van der Waals surface area (Å²) in [5, 5.41) is 0.234. The highest BCUT2D eigenvalue weighted by Crippen LogP contribution is 2.36. The lowest BCUT2D eigenvalue weighted by atomic mass is 10.2. The van der Waals surface area contributed by atoms with E-state index >= 15 is 0 Å². The molecule has 0 spiro atoms. The fraction of sp³-hybridized carbons (Fsp3) is 0.267. The first-order valence-corrected chi connectivity index (χ1v) is 11.3. The number of carbonyl (C=O) groups excluding carboxylic acids is 1. The average molecular weight is 476 g/mol. The fourth-order valence-corrected chi connectivity index (χ4v) is 6.01. The minimum absolute atomic E-state index is 0.00275. The zero-order valence-electron chi connectivity index (χ0n) is 14.0. The van der Waals surface area contributed by atoms with E-state index in [2.05, 4.69) is 29.4 Å². The van der Waals surface area contributed by atoms with Gasteiger partial charge in [-0.15, -0.1) is 11.3 Å². The second-order valence-electron chi connectivity index (χ2n) is 5.32. The Bertz CT molecular complexity index is 1100. The largest absolute Gasteiger partial charge is 0.462 e. The third-order valence-corrected chi connectivity index (χ3v) is 7.51. The number of aromatic nitrogens is 2. The van der Waals surface area contributed by atoms with Crippen molar-refractivity contribution in [3.8, 4) is 0 Å². The molecular formula is C15H14BrN3O4S3. The lowest BCUT2D eigenvalue weighted by Gasteiger charge is -2.09. The number of halogens is 1. The maximum absolute atomic E-state index is 12.9. The maximum Gasteiger partial charge on any atom is 0.341 e. The molecule has 26 heavy (non-hydrogen) atoms. The first-order valence-electron chi connectivity index (χ1n) is 7.47. The highest BCUT2D eigenvalue weighted by molar-refractivity contribution is 9.10. The van der Waals surface area contributed by atoms with Gasteiger partial charge in [0.05, 0.1) is 23.9 Å². The Hall–Kier alpha value is -1.56. The summed E-state index contributed by atoms with van der Waals surface area (Å²) in [6.07, 6.45) is 0. The maximum atomic E-state index is 12.9. The van der Waals surface area contributed by atoms with Crippen molar-refractivity contribution in [1.82, 2.24) is 8.75 Å². The molecule has 138 valence electrons. The number of nitrogens with zero attached hydrogens (tertiary/aromatic N) is 2. The minimum atomic E-state index is -3.97. The van der Waals surface area contributed by atoms with Crippen LogP contribution in [0.15, 0.2) is 21.5 Å². The molecule has 2 aromatic heterocycles. The molecule has 0 saturated carbocycles. The van der Waals surface area contributed by atoms with E-state index in [1.54, 1.807) is 19.9 Å². The molecule has 1 aromatic carbocycles. The Balaban J connectivity index is 2.08. The van der Waals surface area contributed by atoms with Gasteiger partial charge in [-0.05, 0) is 54.4 Å². The SMILES string of the molecule is CCOC(=O)c1c(NS(=O)(=O)c2ccc(Br)c3nsnc23)sc(C)c1C. The summed E-state index contributed by atoms with van der Waals surface area (Å²) in [5.74, 6) is -0.552. The number of sulfonamides is 1. The van der Waals surface area contributed by atoms with Gasteiger partial charge in [0.1, 0.15) is 20.9 Å². The van der Waals surface area contributed by atoms with Crippen LogP contribution < -0.4 is 4.72 Å². The molecule has 0 saturated heterocycles. The number of hydrogen-bond acceptors (Lipinski definition) is 8.